The molecule has 126 valence electrons. The van der Waals surface area contributed by atoms with E-state index in [0.29, 0.717) is 35.6 Å². The van der Waals surface area contributed by atoms with Crippen LogP contribution in [0.25, 0.3) is 11.7 Å². The predicted molar refractivity (Wildman–Crippen MR) is 88.3 cm³/mol. The second-order valence-corrected chi connectivity index (χ2v) is 5.78. The largest absolute Gasteiger partial charge is 0.465 e. The molecule has 3 aromatic heterocycles. The van der Waals surface area contributed by atoms with Gasteiger partial charge < -0.3 is 9.32 Å². The Morgan fingerprint density at radius 3 is 3.00 bits per heavy atom. The van der Waals surface area contributed by atoms with Crippen molar-refractivity contribution in [3.05, 3.63) is 76.0 Å². The lowest BCUT2D eigenvalue weighted by Crippen LogP contribution is -2.39. The maximum absolute atomic E-state index is 13.4. The first-order valence-corrected chi connectivity index (χ1v) is 7.82. The number of nitrogens with zero attached hydrogens (tertiary/aromatic N) is 3. The zero-order chi connectivity index (χ0) is 17.4. The van der Waals surface area contributed by atoms with Crippen LogP contribution in [0.15, 0.2) is 52.0 Å². The first kappa shape index (κ1) is 15.3. The van der Waals surface area contributed by atoms with Crippen LogP contribution in [0.2, 0.25) is 0 Å². The number of halogens is 1. The molecule has 1 aliphatic heterocycles. The Hall–Kier alpha value is -3.22. The van der Waals surface area contributed by atoms with Crippen molar-refractivity contribution in [2.75, 3.05) is 6.54 Å². The number of fused-ring (bicyclic) bond motifs is 2. The molecule has 0 bridgehead atoms. The quantitative estimate of drug-likeness (QED) is 0.670. The van der Waals surface area contributed by atoms with Gasteiger partial charge in [-0.1, -0.05) is 0 Å². The number of pyridine rings is 1. The van der Waals surface area contributed by atoms with Crippen molar-refractivity contribution in [3.8, 4) is 0 Å². The summed E-state index contributed by atoms with van der Waals surface area (Å²) in [7, 11) is 0. The predicted octanol–water partition coefficient (Wildman–Crippen LogP) is 2.02. The number of amides is 1. The highest BCUT2D eigenvalue weighted by molar-refractivity contribution is 5.91. The van der Waals surface area contributed by atoms with E-state index in [0.717, 1.165) is 6.20 Å². The molecule has 0 N–H and O–H groups in total. The van der Waals surface area contributed by atoms with E-state index < -0.39 is 5.82 Å². The standard InChI is InChI=1S/C18H14FN3O3/c19-12-3-5-16-20-15-7-8-21(11-14(15)18(24)22(16)10-12)17(23)6-4-13-2-1-9-25-13/h1-6,9-10H,7-8,11H2. The van der Waals surface area contributed by atoms with Crippen LogP contribution in [0.5, 0.6) is 0 Å². The molecule has 1 aliphatic rings. The molecule has 0 radical (unpaired) electrons. The van der Waals surface area contributed by atoms with E-state index in [-0.39, 0.29) is 18.0 Å². The maximum atomic E-state index is 13.4. The highest BCUT2D eigenvalue weighted by Crippen LogP contribution is 2.16. The molecule has 0 atom stereocenters. The number of carbonyl (C=O) groups excluding carboxylic acids is 1. The van der Waals surface area contributed by atoms with Gasteiger partial charge in [-0.05, 0) is 30.3 Å². The minimum Gasteiger partial charge on any atom is -0.465 e. The second-order valence-electron chi connectivity index (χ2n) is 5.78. The third-order valence-electron chi connectivity index (χ3n) is 4.18. The molecular weight excluding hydrogens is 325 g/mol. The molecule has 4 heterocycles. The van der Waals surface area contributed by atoms with E-state index in [2.05, 4.69) is 4.98 Å². The number of rotatable bonds is 2. The molecule has 1 amide bonds. The van der Waals surface area contributed by atoms with Gasteiger partial charge in [0.15, 0.2) is 0 Å². The minimum atomic E-state index is -0.513. The van der Waals surface area contributed by atoms with Gasteiger partial charge in [0.1, 0.15) is 17.2 Å². The van der Waals surface area contributed by atoms with Gasteiger partial charge in [0, 0.05) is 25.2 Å². The molecule has 0 aromatic carbocycles. The van der Waals surface area contributed by atoms with Crippen LogP contribution >= 0.6 is 0 Å². The van der Waals surface area contributed by atoms with Crippen LogP contribution in [-0.2, 0) is 17.8 Å². The van der Waals surface area contributed by atoms with Crippen molar-refractivity contribution in [2.24, 2.45) is 0 Å². The summed E-state index contributed by atoms with van der Waals surface area (Å²) in [6, 6.07) is 6.22. The summed E-state index contributed by atoms with van der Waals surface area (Å²) in [5.74, 6) is -0.152. The average molecular weight is 339 g/mol. The van der Waals surface area contributed by atoms with E-state index in [9.17, 15) is 14.0 Å². The van der Waals surface area contributed by atoms with E-state index in [4.69, 9.17) is 4.42 Å². The first-order chi connectivity index (χ1) is 12.1. The third-order valence-corrected chi connectivity index (χ3v) is 4.18. The lowest BCUT2D eigenvalue weighted by molar-refractivity contribution is -0.126. The highest BCUT2D eigenvalue weighted by Gasteiger charge is 2.24. The highest BCUT2D eigenvalue weighted by atomic mass is 19.1. The van der Waals surface area contributed by atoms with Crippen LogP contribution in [0.4, 0.5) is 4.39 Å². The van der Waals surface area contributed by atoms with E-state index in [1.54, 1.807) is 23.1 Å². The average Bonchev–Trinajstić information content (AvgIpc) is 3.14. The van der Waals surface area contributed by atoms with Gasteiger partial charge in [-0.2, -0.15) is 0 Å². The van der Waals surface area contributed by atoms with Crippen molar-refractivity contribution in [2.45, 2.75) is 13.0 Å². The summed E-state index contributed by atoms with van der Waals surface area (Å²) in [4.78, 5) is 31.0. The summed E-state index contributed by atoms with van der Waals surface area (Å²) in [6.45, 7) is 0.625. The van der Waals surface area contributed by atoms with E-state index in [1.165, 1.54) is 28.9 Å². The van der Waals surface area contributed by atoms with Gasteiger partial charge in [0.2, 0.25) is 5.91 Å². The molecule has 6 nitrogen and oxygen atoms in total. The van der Waals surface area contributed by atoms with Crippen LogP contribution in [0, 0.1) is 5.82 Å². The fourth-order valence-electron chi connectivity index (χ4n) is 2.90. The van der Waals surface area contributed by atoms with E-state index in [1.807, 2.05) is 0 Å². The monoisotopic (exact) mass is 339 g/mol. The number of aromatic nitrogens is 2. The van der Waals surface area contributed by atoms with Crippen LogP contribution in [0.3, 0.4) is 0 Å². The molecule has 3 aromatic rings. The van der Waals surface area contributed by atoms with Crippen LogP contribution < -0.4 is 5.56 Å². The van der Waals surface area contributed by atoms with Gasteiger partial charge in [-0.15, -0.1) is 0 Å². The van der Waals surface area contributed by atoms with Crippen molar-refractivity contribution < 1.29 is 13.6 Å². The Balaban J connectivity index is 1.64. The third kappa shape index (κ3) is 2.84. The number of hydrogen-bond donors (Lipinski definition) is 0. The Bertz CT molecular complexity index is 1040. The molecule has 25 heavy (non-hydrogen) atoms. The molecule has 4 rings (SSSR count). The fraction of sp³-hybridized carbons (Fsp3) is 0.167. The SMILES string of the molecule is O=C(C=Cc1ccco1)N1CCc2nc3ccc(F)cn3c(=O)c2C1. The van der Waals surface area contributed by atoms with Crippen molar-refractivity contribution >= 4 is 17.6 Å². The normalized spacial score (nSPS) is 14.2. The molecule has 0 unspecified atom stereocenters. The minimum absolute atomic E-state index is 0.155. The Kier molecular flexibility index (Phi) is 3.68. The molecule has 7 heteroatoms. The lowest BCUT2D eigenvalue weighted by atomic mass is 10.1. The number of furan rings is 1. The van der Waals surface area contributed by atoms with E-state index >= 15 is 0 Å². The summed E-state index contributed by atoms with van der Waals surface area (Å²) in [5.41, 5.74) is 1.15. The molecule has 0 saturated carbocycles. The summed E-state index contributed by atoms with van der Waals surface area (Å²) in [6.07, 6.45) is 6.12. The lowest BCUT2D eigenvalue weighted by Gasteiger charge is -2.27. The van der Waals surface area contributed by atoms with Gasteiger partial charge >= 0.3 is 0 Å². The van der Waals surface area contributed by atoms with Crippen LogP contribution in [-0.4, -0.2) is 26.7 Å². The fourth-order valence-corrected chi connectivity index (χ4v) is 2.90. The molecule has 0 fully saturated rings. The summed E-state index contributed by atoms with van der Waals surface area (Å²) >= 11 is 0. The zero-order valence-electron chi connectivity index (χ0n) is 13.2. The summed E-state index contributed by atoms with van der Waals surface area (Å²) < 4.78 is 19.7. The molecule has 0 aliphatic carbocycles. The van der Waals surface area contributed by atoms with Gasteiger partial charge in [0.25, 0.3) is 5.56 Å². The van der Waals surface area contributed by atoms with Gasteiger partial charge in [-0.25, -0.2) is 9.37 Å². The Labute approximate surface area is 141 Å². The van der Waals surface area contributed by atoms with Gasteiger partial charge in [0.05, 0.1) is 24.1 Å². The van der Waals surface area contributed by atoms with Crippen molar-refractivity contribution in [3.63, 3.8) is 0 Å². The number of hydrogen-bond acceptors (Lipinski definition) is 4. The number of carbonyl (C=O) groups is 1. The smallest absolute Gasteiger partial charge is 0.263 e. The molecular formula is C18H14FN3O3. The zero-order valence-corrected chi connectivity index (χ0v) is 13.2. The maximum Gasteiger partial charge on any atom is 0.263 e. The summed E-state index contributed by atoms with van der Waals surface area (Å²) in [5, 5.41) is 0. The first-order valence-electron chi connectivity index (χ1n) is 7.82. The molecule has 0 saturated heterocycles. The van der Waals surface area contributed by atoms with Crippen molar-refractivity contribution in [1.82, 2.24) is 14.3 Å². The van der Waals surface area contributed by atoms with Crippen LogP contribution in [0.1, 0.15) is 17.0 Å². The second kappa shape index (κ2) is 6.01. The van der Waals surface area contributed by atoms with Crippen molar-refractivity contribution in [1.29, 1.82) is 0 Å². The Morgan fingerprint density at radius 1 is 1.32 bits per heavy atom. The van der Waals surface area contributed by atoms with Gasteiger partial charge in [-0.3, -0.25) is 14.0 Å². The Morgan fingerprint density at radius 2 is 2.20 bits per heavy atom. The molecule has 0 spiro atoms. The topological polar surface area (TPSA) is 67.8 Å².